The molecule has 0 aromatic heterocycles. The second-order valence-corrected chi connectivity index (χ2v) is 9.80. The lowest BCUT2D eigenvalue weighted by Gasteiger charge is -2.30. The summed E-state index contributed by atoms with van der Waals surface area (Å²) < 4.78 is 38.0. The van der Waals surface area contributed by atoms with Gasteiger partial charge in [-0.05, 0) is 17.7 Å². The van der Waals surface area contributed by atoms with E-state index in [1.165, 1.54) is 0 Å². The predicted octanol–water partition coefficient (Wildman–Crippen LogP) is 1.08. The minimum Gasteiger partial charge on any atom is -0.439 e. The average Bonchev–Trinajstić information content (AvgIpc) is 2.84. The zero-order valence-corrected chi connectivity index (χ0v) is 19.8. The molecule has 0 spiro atoms. The number of para-hydroxylation sites is 1. The Balaban J connectivity index is 1.70. The van der Waals surface area contributed by atoms with Crippen molar-refractivity contribution in [2.24, 2.45) is 5.92 Å². The van der Waals surface area contributed by atoms with Crippen LogP contribution in [-0.2, 0) is 42.7 Å². The number of ether oxygens (including phenoxy) is 4. The molecule has 0 fully saturated rings. The maximum Gasteiger partial charge on any atom is 0.320 e. The van der Waals surface area contributed by atoms with Crippen LogP contribution in [0.4, 0.5) is 0 Å². The molecule has 0 amide bonds. The molecule has 1 heterocycles. The third kappa shape index (κ3) is 6.69. The van der Waals surface area contributed by atoms with Crippen molar-refractivity contribution in [3.05, 3.63) is 48.5 Å². The number of hydrogen-bond donors (Lipinski definition) is 2. The van der Waals surface area contributed by atoms with Crippen LogP contribution in [0.3, 0.4) is 0 Å². The number of aliphatic hydroxyl groups excluding tert-OH is 2. The molecule has 2 aromatic rings. The first-order valence-electron chi connectivity index (χ1n) is 10.6. The summed E-state index contributed by atoms with van der Waals surface area (Å²) in [6.07, 6.45) is -1.87. The largest absolute Gasteiger partial charge is 0.439 e. The van der Waals surface area contributed by atoms with Crippen LogP contribution in [0.15, 0.2) is 48.5 Å². The summed E-state index contributed by atoms with van der Waals surface area (Å²) in [5.41, 5.74) is 1.38. The highest BCUT2D eigenvalue weighted by atomic mass is 31.2. The SMILES string of the molecule is O=C(CC(=O)OCOC(=O)CC(CP1(=O)Oc2ccccc2-c2ccccc21)C(=O)OCO)OCO. The molecule has 0 saturated heterocycles. The van der Waals surface area contributed by atoms with Crippen LogP contribution >= 0.6 is 7.37 Å². The number of esters is 4. The van der Waals surface area contributed by atoms with E-state index in [1.54, 1.807) is 48.5 Å². The lowest BCUT2D eigenvalue weighted by molar-refractivity contribution is -0.173. The minimum atomic E-state index is -3.74. The number of aliphatic hydroxyl groups is 2. The van der Waals surface area contributed by atoms with Gasteiger partial charge in [0.25, 0.3) is 7.37 Å². The van der Waals surface area contributed by atoms with Crippen LogP contribution in [0.1, 0.15) is 12.8 Å². The molecule has 2 unspecified atom stereocenters. The number of carbonyl (C=O) groups excluding carboxylic acids is 4. The van der Waals surface area contributed by atoms with E-state index in [0.29, 0.717) is 16.6 Å². The van der Waals surface area contributed by atoms with Crippen molar-refractivity contribution in [2.75, 3.05) is 26.5 Å². The molecular weight excluding hydrogens is 499 g/mol. The average molecular weight is 522 g/mol. The molecule has 0 radical (unpaired) electrons. The highest BCUT2D eigenvalue weighted by Crippen LogP contribution is 2.55. The standard InChI is InChI=1S/C23H23O12P/c24-12-31-21(27)10-22(28)34-14-33-20(26)9-15(23(29)32-13-25)11-36(30)19-8-4-2-6-17(19)16-5-1-3-7-18(16)35-36/h1-8,15,24-25H,9-14H2. The van der Waals surface area contributed by atoms with E-state index < -0.39 is 76.5 Å². The Bertz CT molecular complexity index is 1180. The van der Waals surface area contributed by atoms with Gasteiger partial charge in [0.05, 0.1) is 23.8 Å². The molecule has 0 bridgehead atoms. The van der Waals surface area contributed by atoms with Gasteiger partial charge in [-0.1, -0.05) is 36.4 Å². The van der Waals surface area contributed by atoms with Crippen molar-refractivity contribution in [3.8, 4) is 16.9 Å². The van der Waals surface area contributed by atoms with E-state index in [1.807, 2.05) is 0 Å². The Hall–Kier alpha value is -3.73. The van der Waals surface area contributed by atoms with Gasteiger partial charge in [0.2, 0.25) is 6.79 Å². The molecule has 2 atom stereocenters. The summed E-state index contributed by atoms with van der Waals surface area (Å²) in [6.45, 7) is -2.73. The molecule has 12 nitrogen and oxygen atoms in total. The van der Waals surface area contributed by atoms with E-state index in [-0.39, 0.29) is 0 Å². The highest BCUT2D eigenvalue weighted by Gasteiger charge is 2.41. The molecule has 0 aliphatic carbocycles. The van der Waals surface area contributed by atoms with Crippen molar-refractivity contribution in [3.63, 3.8) is 0 Å². The van der Waals surface area contributed by atoms with E-state index in [4.69, 9.17) is 19.5 Å². The Morgan fingerprint density at radius 2 is 1.42 bits per heavy atom. The summed E-state index contributed by atoms with van der Waals surface area (Å²) in [7, 11) is -3.74. The molecular formula is C23H23O12P. The third-order valence-electron chi connectivity index (χ3n) is 5.06. The van der Waals surface area contributed by atoms with E-state index in [9.17, 15) is 23.7 Å². The molecule has 192 valence electrons. The van der Waals surface area contributed by atoms with Gasteiger partial charge in [-0.15, -0.1) is 0 Å². The summed E-state index contributed by atoms with van der Waals surface area (Å²) in [6, 6.07) is 13.8. The molecule has 3 rings (SSSR count). The van der Waals surface area contributed by atoms with Gasteiger partial charge >= 0.3 is 23.9 Å². The van der Waals surface area contributed by atoms with Crippen molar-refractivity contribution in [2.45, 2.75) is 12.8 Å². The summed E-state index contributed by atoms with van der Waals surface area (Å²) in [5, 5.41) is 17.8. The van der Waals surface area contributed by atoms with Crippen LogP contribution in [0.5, 0.6) is 5.75 Å². The number of rotatable bonds is 11. The van der Waals surface area contributed by atoms with Crippen LogP contribution in [0.2, 0.25) is 0 Å². The van der Waals surface area contributed by atoms with Crippen LogP contribution in [0, 0.1) is 5.92 Å². The van der Waals surface area contributed by atoms with E-state index >= 15 is 0 Å². The van der Waals surface area contributed by atoms with Crippen LogP contribution < -0.4 is 9.83 Å². The highest BCUT2D eigenvalue weighted by molar-refractivity contribution is 7.67. The minimum absolute atomic E-state index is 0.350. The predicted molar refractivity (Wildman–Crippen MR) is 121 cm³/mol. The molecule has 13 heteroatoms. The van der Waals surface area contributed by atoms with E-state index in [2.05, 4.69) is 14.2 Å². The molecule has 1 aliphatic rings. The maximum atomic E-state index is 14.0. The topological polar surface area (TPSA) is 172 Å². The van der Waals surface area contributed by atoms with Gasteiger partial charge < -0.3 is 33.7 Å². The summed E-state index contributed by atoms with van der Waals surface area (Å²) in [5.74, 6) is -5.11. The maximum absolute atomic E-state index is 14.0. The Morgan fingerprint density at radius 3 is 2.14 bits per heavy atom. The number of benzene rings is 2. The lowest BCUT2D eigenvalue weighted by atomic mass is 10.0. The van der Waals surface area contributed by atoms with E-state index in [0.717, 1.165) is 5.56 Å². The molecule has 1 aliphatic heterocycles. The fourth-order valence-electron chi connectivity index (χ4n) is 3.52. The zero-order chi connectivity index (χ0) is 26.1. The Labute approximate surface area is 205 Å². The quantitative estimate of drug-likeness (QED) is 0.142. The molecule has 2 aromatic carbocycles. The van der Waals surface area contributed by atoms with Crippen molar-refractivity contribution >= 4 is 36.6 Å². The van der Waals surface area contributed by atoms with Crippen LogP contribution in [0.25, 0.3) is 11.1 Å². The van der Waals surface area contributed by atoms with Gasteiger partial charge in [-0.3, -0.25) is 23.7 Å². The summed E-state index contributed by atoms with van der Waals surface area (Å²) >= 11 is 0. The molecule has 0 saturated carbocycles. The van der Waals surface area contributed by atoms with Gasteiger partial charge in [-0.25, -0.2) is 0 Å². The number of fused-ring (bicyclic) bond motifs is 3. The number of carbonyl (C=O) groups is 4. The van der Waals surface area contributed by atoms with Gasteiger partial charge in [0.15, 0.2) is 13.6 Å². The number of hydrogen-bond acceptors (Lipinski definition) is 12. The Morgan fingerprint density at radius 1 is 0.806 bits per heavy atom. The Kier molecular flexibility index (Phi) is 9.18. The van der Waals surface area contributed by atoms with Gasteiger partial charge in [0.1, 0.15) is 12.2 Å². The van der Waals surface area contributed by atoms with Crippen LogP contribution in [-0.4, -0.2) is 60.6 Å². The van der Waals surface area contributed by atoms with Gasteiger partial charge in [0, 0.05) is 5.56 Å². The van der Waals surface area contributed by atoms with Crippen molar-refractivity contribution in [1.29, 1.82) is 0 Å². The van der Waals surface area contributed by atoms with Crippen molar-refractivity contribution < 1.29 is 57.4 Å². The first kappa shape index (κ1) is 26.9. The van der Waals surface area contributed by atoms with Gasteiger partial charge in [-0.2, -0.15) is 0 Å². The molecule has 36 heavy (non-hydrogen) atoms. The monoisotopic (exact) mass is 522 g/mol. The fourth-order valence-corrected chi connectivity index (χ4v) is 6.10. The summed E-state index contributed by atoms with van der Waals surface area (Å²) in [4.78, 5) is 47.4. The van der Waals surface area contributed by atoms with Crippen molar-refractivity contribution in [1.82, 2.24) is 0 Å². The lowest BCUT2D eigenvalue weighted by Crippen LogP contribution is -2.30. The smallest absolute Gasteiger partial charge is 0.320 e. The fraction of sp³-hybridized carbons (Fsp3) is 0.304. The first-order valence-corrected chi connectivity index (χ1v) is 12.4. The zero-order valence-electron chi connectivity index (χ0n) is 18.9. The normalized spacial score (nSPS) is 16.4. The third-order valence-corrected chi connectivity index (χ3v) is 7.60. The second kappa shape index (κ2) is 12.3. The molecule has 2 N–H and O–H groups in total. The first-order chi connectivity index (χ1) is 17.3. The second-order valence-electron chi connectivity index (χ2n) is 7.43.